The summed E-state index contributed by atoms with van der Waals surface area (Å²) >= 11 is 6.04. The summed E-state index contributed by atoms with van der Waals surface area (Å²) in [6, 6.07) is 0. The Morgan fingerprint density at radius 1 is 1.53 bits per heavy atom. The molecule has 1 unspecified atom stereocenters. The van der Waals surface area contributed by atoms with Crippen molar-refractivity contribution in [1.29, 1.82) is 0 Å². The highest BCUT2D eigenvalue weighted by Gasteiger charge is 2.16. The van der Waals surface area contributed by atoms with E-state index in [4.69, 9.17) is 16.3 Å². The molecule has 5 nitrogen and oxygen atoms in total. The van der Waals surface area contributed by atoms with Gasteiger partial charge < -0.3 is 15.4 Å². The lowest BCUT2D eigenvalue weighted by atomic mass is 10.1. The third kappa shape index (κ3) is 3.44. The molecule has 1 aliphatic rings. The van der Waals surface area contributed by atoms with Crippen molar-refractivity contribution in [2.75, 3.05) is 36.9 Å². The van der Waals surface area contributed by atoms with E-state index in [0.29, 0.717) is 22.7 Å². The Hall–Kier alpha value is -1.07. The number of ether oxygens (including phenoxy) is 1. The number of rotatable bonds is 5. The summed E-state index contributed by atoms with van der Waals surface area (Å²) in [7, 11) is 0. The summed E-state index contributed by atoms with van der Waals surface area (Å²) in [5, 5.41) is 6.85. The summed E-state index contributed by atoms with van der Waals surface area (Å²) < 4.78 is 5.32. The monoisotopic (exact) mass is 256 g/mol. The van der Waals surface area contributed by atoms with E-state index in [2.05, 4.69) is 20.6 Å². The smallest absolute Gasteiger partial charge is 0.224 e. The zero-order chi connectivity index (χ0) is 12.1. The maximum absolute atomic E-state index is 6.04. The van der Waals surface area contributed by atoms with Gasteiger partial charge in [-0.25, -0.2) is 4.98 Å². The van der Waals surface area contributed by atoms with Crippen molar-refractivity contribution in [3.8, 4) is 0 Å². The van der Waals surface area contributed by atoms with E-state index in [9.17, 15) is 0 Å². The molecule has 6 heteroatoms. The highest BCUT2D eigenvalue weighted by atomic mass is 35.5. The lowest BCUT2D eigenvalue weighted by molar-refractivity contribution is 0.187. The fraction of sp³-hybridized carbons (Fsp3) is 0.636. The van der Waals surface area contributed by atoms with Gasteiger partial charge in [0.1, 0.15) is 10.8 Å². The molecule has 1 aromatic rings. The van der Waals surface area contributed by atoms with Gasteiger partial charge in [-0.2, -0.15) is 4.98 Å². The van der Waals surface area contributed by atoms with Crippen molar-refractivity contribution in [1.82, 2.24) is 9.97 Å². The van der Waals surface area contributed by atoms with Gasteiger partial charge in [0.05, 0.1) is 12.8 Å². The lowest BCUT2D eigenvalue weighted by Crippen LogP contribution is -2.15. The second kappa shape index (κ2) is 6.02. The third-order valence-corrected chi connectivity index (χ3v) is 2.94. The van der Waals surface area contributed by atoms with Gasteiger partial charge in [0.2, 0.25) is 5.95 Å². The Kier molecular flexibility index (Phi) is 4.39. The Labute approximate surface area is 106 Å². The van der Waals surface area contributed by atoms with Crippen molar-refractivity contribution in [3.05, 3.63) is 11.2 Å². The van der Waals surface area contributed by atoms with Gasteiger partial charge in [-0.05, 0) is 13.3 Å². The van der Waals surface area contributed by atoms with E-state index < -0.39 is 0 Å². The van der Waals surface area contributed by atoms with Gasteiger partial charge in [-0.1, -0.05) is 11.6 Å². The van der Waals surface area contributed by atoms with Crippen LogP contribution in [-0.4, -0.2) is 36.3 Å². The van der Waals surface area contributed by atoms with Crippen LogP contribution >= 0.6 is 11.6 Å². The first kappa shape index (κ1) is 12.4. The second-order valence-corrected chi connectivity index (χ2v) is 4.44. The minimum absolute atomic E-state index is 0.545. The largest absolute Gasteiger partial charge is 0.381 e. The molecule has 1 aromatic heterocycles. The molecular formula is C11H17ClN4O. The molecule has 2 N–H and O–H groups in total. The van der Waals surface area contributed by atoms with Crippen molar-refractivity contribution < 1.29 is 4.74 Å². The topological polar surface area (TPSA) is 59.1 Å². The van der Waals surface area contributed by atoms with E-state index in [1.807, 2.05) is 6.92 Å². The zero-order valence-corrected chi connectivity index (χ0v) is 10.6. The first-order chi connectivity index (χ1) is 8.29. The number of aromatic nitrogens is 2. The van der Waals surface area contributed by atoms with E-state index in [-0.39, 0.29) is 0 Å². The van der Waals surface area contributed by atoms with Crippen molar-refractivity contribution in [2.24, 2.45) is 5.92 Å². The molecule has 1 fully saturated rings. The van der Waals surface area contributed by atoms with Gasteiger partial charge in [0.15, 0.2) is 0 Å². The van der Waals surface area contributed by atoms with Gasteiger partial charge in [0, 0.05) is 25.6 Å². The number of hydrogen-bond acceptors (Lipinski definition) is 5. The molecule has 94 valence electrons. The number of hydrogen-bond donors (Lipinski definition) is 2. The summed E-state index contributed by atoms with van der Waals surface area (Å²) in [4.78, 5) is 8.41. The number of nitrogens with one attached hydrogen (secondary N) is 2. The molecule has 2 rings (SSSR count). The maximum atomic E-state index is 6.04. The van der Waals surface area contributed by atoms with Crippen molar-refractivity contribution in [2.45, 2.75) is 13.3 Å². The Morgan fingerprint density at radius 3 is 3.12 bits per heavy atom. The van der Waals surface area contributed by atoms with Crippen LogP contribution in [-0.2, 0) is 4.74 Å². The molecule has 0 amide bonds. The predicted molar refractivity (Wildman–Crippen MR) is 68.6 cm³/mol. The third-order valence-electron chi connectivity index (χ3n) is 2.66. The number of halogens is 1. The average Bonchev–Trinajstić information content (AvgIpc) is 2.83. The van der Waals surface area contributed by atoms with E-state index in [1.165, 1.54) is 0 Å². The standard InChI is InChI=1S/C11H17ClN4O/c1-2-13-11-15-6-9(12)10(16-11)14-5-8-3-4-17-7-8/h6,8H,2-5,7H2,1H3,(H2,13,14,15,16). The van der Waals surface area contributed by atoms with Crippen molar-refractivity contribution >= 4 is 23.4 Å². The molecule has 0 saturated carbocycles. The molecular weight excluding hydrogens is 240 g/mol. The highest BCUT2D eigenvalue weighted by Crippen LogP contribution is 2.21. The van der Waals surface area contributed by atoms with Crippen LogP contribution in [0.25, 0.3) is 0 Å². The van der Waals surface area contributed by atoms with Crippen LogP contribution in [0.5, 0.6) is 0 Å². The lowest BCUT2D eigenvalue weighted by Gasteiger charge is -2.12. The minimum atomic E-state index is 0.545. The van der Waals surface area contributed by atoms with Crippen LogP contribution in [0.2, 0.25) is 5.02 Å². The minimum Gasteiger partial charge on any atom is -0.381 e. The number of nitrogens with zero attached hydrogens (tertiary/aromatic N) is 2. The first-order valence-electron chi connectivity index (χ1n) is 5.87. The molecule has 1 aliphatic heterocycles. The van der Waals surface area contributed by atoms with Crippen LogP contribution < -0.4 is 10.6 Å². The second-order valence-electron chi connectivity index (χ2n) is 4.03. The Balaban J connectivity index is 1.95. The molecule has 17 heavy (non-hydrogen) atoms. The normalized spacial score (nSPS) is 19.3. The van der Waals surface area contributed by atoms with E-state index in [0.717, 1.165) is 32.7 Å². The van der Waals surface area contributed by atoms with E-state index >= 15 is 0 Å². The van der Waals surface area contributed by atoms with E-state index in [1.54, 1.807) is 6.20 Å². The summed E-state index contributed by atoms with van der Waals surface area (Å²) in [6.45, 7) is 5.29. The SMILES string of the molecule is CCNc1ncc(Cl)c(NCC2CCOC2)n1. The first-order valence-corrected chi connectivity index (χ1v) is 6.25. The van der Waals surface area contributed by atoms with Gasteiger partial charge >= 0.3 is 0 Å². The van der Waals surface area contributed by atoms with Crippen LogP contribution in [0.4, 0.5) is 11.8 Å². The van der Waals surface area contributed by atoms with Gasteiger partial charge in [0.25, 0.3) is 0 Å². The van der Waals surface area contributed by atoms with Gasteiger partial charge in [-0.3, -0.25) is 0 Å². The van der Waals surface area contributed by atoms with Crippen LogP contribution in [0.3, 0.4) is 0 Å². The average molecular weight is 257 g/mol. The highest BCUT2D eigenvalue weighted by molar-refractivity contribution is 6.32. The molecule has 0 spiro atoms. The fourth-order valence-electron chi connectivity index (χ4n) is 1.72. The summed E-state index contributed by atoms with van der Waals surface area (Å²) in [5.41, 5.74) is 0. The molecule has 2 heterocycles. The molecule has 0 aliphatic carbocycles. The summed E-state index contributed by atoms with van der Waals surface area (Å²) in [5.74, 6) is 1.83. The molecule has 0 radical (unpaired) electrons. The maximum Gasteiger partial charge on any atom is 0.224 e. The van der Waals surface area contributed by atoms with Crippen molar-refractivity contribution in [3.63, 3.8) is 0 Å². The molecule has 1 saturated heterocycles. The summed E-state index contributed by atoms with van der Waals surface area (Å²) in [6.07, 6.45) is 2.70. The molecule has 1 atom stereocenters. The van der Waals surface area contributed by atoms with Crippen LogP contribution in [0, 0.1) is 5.92 Å². The Bertz CT molecular complexity index is 368. The Morgan fingerprint density at radius 2 is 2.41 bits per heavy atom. The quantitative estimate of drug-likeness (QED) is 0.844. The van der Waals surface area contributed by atoms with Crippen LogP contribution in [0.15, 0.2) is 6.20 Å². The zero-order valence-electron chi connectivity index (χ0n) is 9.87. The van der Waals surface area contributed by atoms with Gasteiger partial charge in [-0.15, -0.1) is 0 Å². The molecule has 0 bridgehead atoms. The predicted octanol–water partition coefficient (Wildman–Crippen LogP) is 2.01. The molecule has 0 aromatic carbocycles. The van der Waals surface area contributed by atoms with Crippen LogP contribution in [0.1, 0.15) is 13.3 Å². The number of anilines is 2. The fourth-order valence-corrected chi connectivity index (χ4v) is 1.88.